The molecule has 0 aliphatic carbocycles. The molecule has 1 N–H and O–H groups in total. The third-order valence-corrected chi connectivity index (χ3v) is 4.47. The SMILES string of the molecule is CCCCCCCCCN1CC(=O)NC(C(C)CC)C1=O. The minimum absolute atomic E-state index is 0.0113. The molecule has 1 aliphatic rings. The third-order valence-electron chi connectivity index (χ3n) is 4.47. The van der Waals surface area contributed by atoms with Crippen molar-refractivity contribution in [2.75, 3.05) is 13.1 Å². The average Bonchev–Trinajstić information content (AvgIpc) is 2.48. The number of nitrogens with zero attached hydrogens (tertiary/aromatic N) is 1. The fourth-order valence-electron chi connectivity index (χ4n) is 2.80. The van der Waals surface area contributed by atoms with Gasteiger partial charge >= 0.3 is 0 Å². The summed E-state index contributed by atoms with van der Waals surface area (Å²) < 4.78 is 0. The van der Waals surface area contributed by atoms with Gasteiger partial charge in [-0.25, -0.2) is 0 Å². The molecular weight excluding hydrogens is 264 g/mol. The molecule has 0 radical (unpaired) electrons. The van der Waals surface area contributed by atoms with E-state index < -0.39 is 0 Å². The summed E-state index contributed by atoms with van der Waals surface area (Å²) in [7, 11) is 0. The van der Waals surface area contributed by atoms with Crippen LogP contribution in [0.25, 0.3) is 0 Å². The lowest BCUT2D eigenvalue weighted by atomic mass is 9.96. The Balaban J connectivity index is 2.29. The normalized spacial score (nSPS) is 20.5. The molecule has 1 heterocycles. The molecule has 0 saturated carbocycles. The minimum Gasteiger partial charge on any atom is -0.342 e. The quantitative estimate of drug-likeness (QED) is 0.630. The second-order valence-electron chi connectivity index (χ2n) is 6.31. The summed E-state index contributed by atoms with van der Waals surface area (Å²) in [5.41, 5.74) is 0. The van der Waals surface area contributed by atoms with Gasteiger partial charge in [0.1, 0.15) is 6.04 Å². The van der Waals surface area contributed by atoms with Crippen LogP contribution in [0.5, 0.6) is 0 Å². The zero-order valence-electron chi connectivity index (χ0n) is 14.0. The summed E-state index contributed by atoms with van der Waals surface area (Å²) in [6, 6.07) is -0.319. The van der Waals surface area contributed by atoms with Gasteiger partial charge in [-0.05, 0) is 12.3 Å². The Morgan fingerprint density at radius 1 is 1.10 bits per heavy atom. The second-order valence-corrected chi connectivity index (χ2v) is 6.31. The first-order chi connectivity index (χ1) is 10.1. The van der Waals surface area contributed by atoms with E-state index in [0.29, 0.717) is 0 Å². The van der Waals surface area contributed by atoms with Gasteiger partial charge in [-0.1, -0.05) is 65.7 Å². The van der Waals surface area contributed by atoms with E-state index in [0.717, 1.165) is 25.8 Å². The molecule has 21 heavy (non-hydrogen) atoms. The number of amides is 2. The van der Waals surface area contributed by atoms with Crippen LogP contribution >= 0.6 is 0 Å². The van der Waals surface area contributed by atoms with E-state index >= 15 is 0 Å². The van der Waals surface area contributed by atoms with Crippen molar-refractivity contribution in [1.29, 1.82) is 0 Å². The Labute approximate surface area is 129 Å². The Bertz CT molecular complexity index is 331. The van der Waals surface area contributed by atoms with E-state index in [4.69, 9.17) is 0 Å². The highest BCUT2D eigenvalue weighted by Crippen LogP contribution is 2.15. The van der Waals surface area contributed by atoms with Gasteiger partial charge in [0.25, 0.3) is 0 Å². The lowest BCUT2D eigenvalue weighted by Gasteiger charge is -2.35. The predicted octanol–water partition coefficient (Wildman–Crippen LogP) is 3.11. The number of unbranched alkanes of at least 4 members (excludes halogenated alkanes) is 6. The molecule has 0 aromatic rings. The summed E-state index contributed by atoms with van der Waals surface area (Å²) in [5.74, 6) is 0.302. The van der Waals surface area contributed by atoms with Gasteiger partial charge in [0.05, 0.1) is 6.54 Å². The third kappa shape index (κ3) is 6.06. The first-order valence-corrected chi connectivity index (χ1v) is 8.68. The maximum Gasteiger partial charge on any atom is 0.245 e. The van der Waals surface area contributed by atoms with E-state index in [1.165, 1.54) is 32.1 Å². The topological polar surface area (TPSA) is 49.4 Å². The first kappa shape index (κ1) is 18.0. The van der Waals surface area contributed by atoms with Gasteiger partial charge in [-0.2, -0.15) is 0 Å². The van der Waals surface area contributed by atoms with Crippen molar-refractivity contribution in [3.8, 4) is 0 Å². The number of rotatable bonds is 10. The van der Waals surface area contributed by atoms with Crippen LogP contribution in [-0.2, 0) is 9.59 Å². The summed E-state index contributed by atoms with van der Waals surface area (Å²) in [5, 5.41) is 2.84. The van der Waals surface area contributed by atoms with Crippen LogP contribution in [0.15, 0.2) is 0 Å². The molecule has 2 unspecified atom stereocenters. The van der Waals surface area contributed by atoms with Crippen LogP contribution in [0.4, 0.5) is 0 Å². The average molecular weight is 296 g/mol. The summed E-state index contributed by atoms with van der Waals surface area (Å²) in [6.45, 7) is 7.27. The zero-order chi connectivity index (χ0) is 15.7. The van der Waals surface area contributed by atoms with Crippen molar-refractivity contribution in [2.24, 2.45) is 5.92 Å². The molecule has 0 spiro atoms. The van der Waals surface area contributed by atoms with Crippen LogP contribution in [0.3, 0.4) is 0 Å². The number of nitrogens with one attached hydrogen (secondary N) is 1. The fraction of sp³-hybridized carbons (Fsp3) is 0.882. The number of hydrogen-bond acceptors (Lipinski definition) is 2. The number of piperazine rings is 1. The molecule has 1 fully saturated rings. The van der Waals surface area contributed by atoms with Gasteiger partial charge in [-0.15, -0.1) is 0 Å². The monoisotopic (exact) mass is 296 g/mol. The summed E-state index contributed by atoms with van der Waals surface area (Å²) in [6.07, 6.45) is 9.51. The highest BCUT2D eigenvalue weighted by Gasteiger charge is 2.34. The standard InChI is InChI=1S/C17H32N2O2/c1-4-6-7-8-9-10-11-12-19-13-15(20)18-16(17(19)21)14(3)5-2/h14,16H,4-13H2,1-3H3,(H,18,20). The van der Waals surface area contributed by atoms with Crippen molar-refractivity contribution < 1.29 is 9.59 Å². The van der Waals surface area contributed by atoms with Crippen LogP contribution < -0.4 is 5.32 Å². The largest absolute Gasteiger partial charge is 0.342 e. The smallest absolute Gasteiger partial charge is 0.245 e. The van der Waals surface area contributed by atoms with Gasteiger partial charge in [0.15, 0.2) is 0 Å². The lowest BCUT2D eigenvalue weighted by Crippen LogP contribution is -2.60. The minimum atomic E-state index is -0.319. The first-order valence-electron chi connectivity index (χ1n) is 8.68. The van der Waals surface area contributed by atoms with E-state index in [1.54, 1.807) is 4.90 Å². The second kappa shape index (κ2) is 9.80. The zero-order valence-corrected chi connectivity index (χ0v) is 14.0. The van der Waals surface area contributed by atoms with Crippen LogP contribution in [0.1, 0.15) is 72.1 Å². The van der Waals surface area contributed by atoms with Crippen LogP contribution in [0, 0.1) is 5.92 Å². The Kier molecular flexibility index (Phi) is 8.40. The highest BCUT2D eigenvalue weighted by atomic mass is 16.2. The van der Waals surface area contributed by atoms with Gasteiger partial charge < -0.3 is 10.2 Å². The molecule has 1 aliphatic heterocycles. The molecule has 0 bridgehead atoms. The lowest BCUT2D eigenvalue weighted by molar-refractivity contribution is -0.145. The molecule has 4 nitrogen and oxygen atoms in total. The molecule has 2 amide bonds. The van der Waals surface area contributed by atoms with Crippen LogP contribution in [0.2, 0.25) is 0 Å². The molecule has 4 heteroatoms. The molecule has 0 aromatic heterocycles. The van der Waals surface area contributed by atoms with Gasteiger partial charge in [-0.3, -0.25) is 9.59 Å². The fourth-order valence-corrected chi connectivity index (χ4v) is 2.80. The summed E-state index contributed by atoms with van der Waals surface area (Å²) >= 11 is 0. The molecule has 1 rings (SSSR count). The van der Waals surface area contributed by atoms with E-state index in [9.17, 15) is 9.59 Å². The van der Waals surface area contributed by atoms with Crippen molar-refractivity contribution >= 4 is 11.8 Å². The van der Waals surface area contributed by atoms with Gasteiger partial charge in [0, 0.05) is 6.54 Å². The number of hydrogen-bond donors (Lipinski definition) is 1. The Hall–Kier alpha value is -1.06. The maximum absolute atomic E-state index is 12.4. The number of carbonyl (C=O) groups is 2. The van der Waals surface area contributed by atoms with E-state index in [-0.39, 0.29) is 30.3 Å². The molecule has 122 valence electrons. The molecular formula is C17H32N2O2. The van der Waals surface area contributed by atoms with Crippen molar-refractivity contribution in [1.82, 2.24) is 10.2 Å². The van der Waals surface area contributed by atoms with Crippen molar-refractivity contribution in [2.45, 2.75) is 78.2 Å². The van der Waals surface area contributed by atoms with Crippen molar-refractivity contribution in [3.63, 3.8) is 0 Å². The molecule has 2 atom stereocenters. The maximum atomic E-state index is 12.4. The number of carbonyl (C=O) groups excluding carboxylic acids is 2. The van der Waals surface area contributed by atoms with E-state index in [2.05, 4.69) is 19.2 Å². The molecule has 1 saturated heterocycles. The highest BCUT2D eigenvalue weighted by molar-refractivity contribution is 5.94. The van der Waals surface area contributed by atoms with Crippen LogP contribution in [-0.4, -0.2) is 35.8 Å². The Morgan fingerprint density at radius 2 is 1.71 bits per heavy atom. The van der Waals surface area contributed by atoms with Crippen molar-refractivity contribution in [3.05, 3.63) is 0 Å². The Morgan fingerprint density at radius 3 is 2.33 bits per heavy atom. The van der Waals surface area contributed by atoms with E-state index in [1.807, 2.05) is 6.92 Å². The summed E-state index contributed by atoms with van der Waals surface area (Å²) in [4.78, 5) is 25.9. The van der Waals surface area contributed by atoms with Gasteiger partial charge in [0.2, 0.25) is 11.8 Å². The predicted molar refractivity (Wildman–Crippen MR) is 86.0 cm³/mol. The molecule has 0 aromatic carbocycles.